The van der Waals surface area contributed by atoms with Crippen LogP contribution in [0.5, 0.6) is 5.88 Å². The molecule has 0 aliphatic carbocycles. The van der Waals surface area contributed by atoms with Crippen molar-refractivity contribution < 1.29 is 13.5 Å². The lowest BCUT2D eigenvalue weighted by Gasteiger charge is -2.46. The molecule has 0 radical (unpaired) electrons. The molecule has 4 aromatic rings. The smallest absolute Gasteiger partial charge is 0.255 e. The Bertz CT molecular complexity index is 1520. The minimum atomic E-state index is -0.781. The van der Waals surface area contributed by atoms with Crippen molar-refractivity contribution in [3.63, 3.8) is 0 Å². The van der Waals surface area contributed by atoms with Gasteiger partial charge in [0, 0.05) is 47.8 Å². The number of fused-ring (bicyclic) bond motifs is 1. The van der Waals surface area contributed by atoms with Crippen LogP contribution in [0, 0.1) is 11.6 Å². The fourth-order valence-electron chi connectivity index (χ4n) is 4.33. The molecule has 0 unspecified atom stereocenters. The summed E-state index contributed by atoms with van der Waals surface area (Å²) in [4.78, 5) is 20.0. The highest BCUT2D eigenvalue weighted by molar-refractivity contribution is 6.37. The molecule has 0 N–H and O–H groups in total. The van der Waals surface area contributed by atoms with E-state index in [1.807, 2.05) is 0 Å². The number of likely N-dealkylation sites (tertiary alicyclic amines) is 1. The Morgan fingerprint density at radius 1 is 1.00 bits per heavy atom. The number of ether oxygens (including phenoxy) is 1. The van der Waals surface area contributed by atoms with Crippen LogP contribution in [0.1, 0.15) is 20.8 Å². The molecule has 1 aliphatic heterocycles. The average Bonchev–Trinajstić information content (AvgIpc) is 2.76. The van der Waals surface area contributed by atoms with Crippen LogP contribution >= 0.6 is 23.2 Å². The summed E-state index contributed by atoms with van der Waals surface area (Å²) >= 11 is 12.9. The fraction of sp³-hybridized carbons (Fsp3) is 0.259. The van der Waals surface area contributed by atoms with Crippen molar-refractivity contribution in [2.24, 2.45) is 0 Å². The first-order valence-electron chi connectivity index (χ1n) is 11.4. The molecular formula is C27H23Cl2F2N3O2. The monoisotopic (exact) mass is 529 g/mol. The zero-order valence-corrected chi connectivity index (χ0v) is 21.4. The lowest BCUT2D eigenvalue weighted by atomic mass is 9.99. The van der Waals surface area contributed by atoms with Crippen molar-refractivity contribution >= 4 is 34.1 Å². The standard InChI is InChI=1S/C27H23Cl2F2N3O2/c1-27(2,3)33-13-16(14-33)36-23-12-22-18(25(32-23)17-8-7-15(30)11-21(17)31)9-10-24(35)34(22)26-19(28)5-4-6-20(26)29/h4-12,16H,13-14H2,1-3H3. The molecule has 5 nitrogen and oxygen atoms in total. The second-order valence-corrected chi connectivity index (χ2v) is 10.6. The van der Waals surface area contributed by atoms with Gasteiger partial charge >= 0.3 is 0 Å². The summed E-state index contributed by atoms with van der Waals surface area (Å²) < 4.78 is 36.1. The van der Waals surface area contributed by atoms with Crippen LogP contribution in [-0.2, 0) is 0 Å². The first kappa shape index (κ1) is 24.7. The number of hydrogen-bond acceptors (Lipinski definition) is 4. The number of pyridine rings is 2. The second-order valence-electron chi connectivity index (χ2n) is 9.76. The maximum Gasteiger partial charge on any atom is 0.255 e. The number of benzene rings is 2. The van der Waals surface area contributed by atoms with Crippen LogP contribution in [0.2, 0.25) is 10.0 Å². The third kappa shape index (κ3) is 4.47. The summed E-state index contributed by atoms with van der Waals surface area (Å²) in [6, 6.07) is 12.7. The molecule has 0 spiro atoms. The van der Waals surface area contributed by atoms with Gasteiger partial charge < -0.3 is 4.74 Å². The zero-order valence-electron chi connectivity index (χ0n) is 19.9. The van der Waals surface area contributed by atoms with Crippen molar-refractivity contribution in [3.05, 3.63) is 86.6 Å². The topological polar surface area (TPSA) is 47.4 Å². The number of hydrogen-bond donors (Lipinski definition) is 0. The molecule has 0 amide bonds. The molecule has 0 saturated carbocycles. The van der Waals surface area contributed by atoms with Gasteiger partial charge in [-0.25, -0.2) is 13.8 Å². The van der Waals surface area contributed by atoms with Crippen molar-refractivity contribution in [1.82, 2.24) is 14.5 Å². The summed E-state index contributed by atoms with van der Waals surface area (Å²) in [6.45, 7) is 7.76. The van der Waals surface area contributed by atoms with Gasteiger partial charge in [0.15, 0.2) is 0 Å². The van der Waals surface area contributed by atoms with E-state index in [0.29, 0.717) is 29.7 Å². The van der Waals surface area contributed by atoms with E-state index in [0.717, 1.165) is 12.1 Å². The summed E-state index contributed by atoms with van der Waals surface area (Å²) in [5.74, 6) is -1.27. The van der Waals surface area contributed by atoms with E-state index in [4.69, 9.17) is 27.9 Å². The molecule has 3 heterocycles. The highest BCUT2D eigenvalue weighted by atomic mass is 35.5. The maximum absolute atomic E-state index is 14.9. The van der Waals surface area contributed by atoms with Crippen LogP contribution in [0.15, 0.2) is 59.4 Å². The number of nitrogens with zero attached hydrogens (tertiary/aromatic N) is 3. The molecule has 2 aromatic heterocycles. The van der Waals surface area contributed by atoms with E-state index in [1.54, 1.807) is 30.3 Å². The van der Waals surface area contributed by atoms with E-state index >= 15 is 0 Å². The summed E-state index contributed by atoms with van der Waals surface area (Å²) in [7, 11) is 0. The summed E-state index contributed by atoms with van der Waals surface area (Å²) in [6.07, 6.45) is -0.132. The Hall–Kier alpha value is -3.00. The lowest BCUT2D eigenvalue weighted by Crippen LogP contribution is -2.60. The Kier molecular flexibility index (Phi) is 6.27. The number of aromatic nitrogens is 2. The lowest BCUT2D eigenvalue weighted by molar-refractivity contribution is -0.0367. The number of rotatable bonds is 4. The first-order chi connectivity index (χ1) is 17.0. The fourth-order valence-corrected chi connectivity index (χ4v) is 4.89. The van der Waals surface area contributed by atoms with Gasteiger partial charge in [-0.15, -0.1) is 0 Å². The van der Waals surface area contributed by atoms with E-state index in [-0.39, 0.29) is 44.4 Å². The second kappa shape index (κ2) is 9.14. The van der Waals surface area contributed by atoms with E-state index < -0.39 is 11.6 Å². The Balaban J connectivity index is 1.73. The minimum Gasteiger partial charge on any atom is -0.472 e. The van der Waals surface area contributed by atoms with Crippen LogP contribution in [-0.4, -0.2) is 39.2 Å². The molecule has 5 rings (SSSR count). The predicted octanol–water partition coefficient (Wildman–Crippen LogP) is 6.50. The van der Waals surface area contributed by atoms with Crippen molar-refractivity contribution in [2.45, 2.75) is 32.4 Å². The number of para-hydroxylation sites is 1. The Morgan fingerprint density at radius 3 is 2.33 bits per heavy atom. The molecule has 186 valence electrons. The van der Waals surface area contributed by atoms with Crippen molar-refractivity contribution in [2.75, 3.05) is 13.1 Å². The van der Waals surface area contributed by atoms with Crippen LogP contribution in [0.3, 0.4) is 0 Å². The SMILES string of the molecule is CC(C)(C)N1CC(Oc2cc3c(ccc(=O)n3-c3c(Cl)cccc3Cl)c(-c3ccc(F)cc3F)n2)C1. The minimum absolute atomic E-state index is 0.000359. The van der Waals surface area contributed by atoms with Gasteiger partial charge in [-0.2, -0.15) is 0 Å². The average molecular weight is 530 g/mol. The van der Waals surface area contributed by atoms with Gasteiger partial charge in [0.25, 0.3) is 5.56 Å². The normalized spacial score (nSPS) is 14.8. The van der Waals surface area contributed by atoms with E-state index in [9.17, 15) is 13.6 Å². The third-order valence-corrected chi connectivity index (χ3v) is 6.91. The van der Waals surface area contributed by atoms with Crippen LogP contribution < -0.4 is 10.3 Å². The molecule has 1 aliphatic rings. The molecule has 9 heteroatoms. The van der Waals surface area contributed by atoms with E-state index in [2.05, 4.69) is 30.7 Å². The van der Waals surface area contributed by atoms with Crippen molar-refractivity contribution in [1.29, 1.82) is 0 Å². The van der Waals surface area contributed by atoms with Gasteiger partial charge in [0.1, 0.15) is 17.7 Å². The zero-order chi connectivity index (χ0) is 25.8. The molecule has 2 aromatic carbocycles. The third-order valence-electron chi connectivity index (χ3n) is 6.30. The summed E-state index contributed by atoms with van der Waals surface area (Å²) in [5.41, 5.74) is 0.578. The Morgan fingerprint density at radius 2 is 1.69 bits per heavy atom. The maximum atomic E-state index is 14.9. The Labute approximate surface area is 216 Å². The van der Waals surface area contributed by atoms with Gasteiger partial charge in [-0.3, -0.25) is 14.3 Å². The van der Waals surface area contributed by atoms with Crippen molar-refractivity contribution in [3.8, 4) is 22.8 Å². The van der Waals surface area contributed by atoms with Crippen LogP contribution in [0.4, 0.5) is 8.78 Å². The molecule has 1 fully saturated rings. The number of halogens is 4. The van der Waals surface area contributed by atoms with E-state index in [1.165, 1.54) is 16.7 Å². The highest BCUT2D eigenvalue weighted by Crippen LogP contribution is 2.36. The van der Waals surface area contributed by atoms with Gasteiger partial charge in [-0.05, 0) is 51.1 Å². The molecule has 36 heavy (non-hydrogen) atoms. The first-order valence-corrected chi connectivity index (χ1v) is 12.2. The van der Waals surface area contributed by atoms with Gasteiger partial charge in [0.2, 0.25) is 5.88 Å². The molecule has 1 saturated heterocycles. The summed E-state index contributed by atoms with van der Waals surface area (Å²) in [5, 5.41) is 0.991. The molecular weight excluding hydrogens is 507 g/mol. The van der Waals surface area contributed by atoms with Gasteiger partial charge in [0.05, 0.1) is 26.9 Å². The predicted molar refractivity (Wildman–Crippen MR) is 138 cm³/mol. The van der Waals surface area contributed by atoms with Crippen LogP contribution in [0.25, 0.3) is 27.8 Å². The molecule has 0 atom stereocenters. The van der Waals surface area contributed by atoms with Gasteiger partial charge in [-0.1, -0.05) is 29.3 Å². The quantitative estimate of drug-likeness (QED) is 0.302. The largest absolute Gasteiger partial charge is 0.472 e. The molecule has 0 bridgehead atoms. The highest BCUT2D eigenvalue weighted by Gasteiger charge is 2.36.